The number of rotatable bonds is 4. The molecule has 90 valence electrons. The minimum absolute atomic E-state index is 0.557. The molecule has 1 fully saturated rings. The number of hydrogen-bond donors (Lipinski definition) is 0. The van der Waals surface area contributed by atoms with Gasteiger partial charge in [0.25, 0.3) is 6.01 Å². The Morgan fingerprint density at radius 3 is 2.82 bits per heavy atom. The summed E-state index contributed by atoms with van der Waals surface area (Å²) in [6.07, 6.45) is 3.73. The first-order valence-corrected chi connectivity index (χ1v) is 6.60. The van der Waals surface area contributed by atoms with Gasteiger partial charge in [-0.05, 0) is 31.4 Å². The summed E-state index contributed by atoms with van der Waals surface area (Å²) < 4.78 is 5.80. The Morgan fingerprint density at radius 2 is 2.18 bits per heavy atom. The zero-order valence-corrected chi connectivity index (χ0v) is 10.4. The van der Waals surface area contributed by atoms with E-state index in [0.717, 1.165) is 23.7 Å². The average molecular weight is 251 g/mol. The lowest BCUT2D eigenvalue weighted by molar-refractivity contribution is 0.371. The highest BCUT2D eigenvalue weighted by atomic mass is 35.5. The average Bonchev–Trinajstić information content (AvgIpc) is 2.69. The molecule has 1 aromatic heterocycles. The van der Waals surface area contributed by atoms with E-state index in [-0.39, 0.29) is 0 Å². The monoisotopic (exact) mass is 250 g/mol. The molecular formula is C13H15ClN2O. The molecule has 0 aliphatic heterocycles. The van der Waals surface area contributed by atoms with Crippen LogP contribution in [0.3, 0.4) is 0 Å². The standard InChI is InChI=1S/C13H15ClN2O/c14-8-9-16(10-4-3-5-10)13-15-11-6-1-2-7-12(11)17-13/h1-2,6-7,10H,3-5,8-9H2. The maximum atomic E-state index is 5.86. The van der Waals surface area contributed by atoms with Gasteiger partial charge < -0.3 is 9.32 Å². The van der Waals surface area contributed by atoms with Crippen molar-refractivity contribution >= 4 is 28.7 Å². The molecule has 0 unspecified atom stereocenters. The molecule has 0 atom stereocenters. The Morgan fingerprint density at radius 1 is 1.35 bits per heavy atom. The minimum Gasteiger partial charge on any atom is -0.423 e. The summed E-state index contributed by atoms with van der Waals surface area (Å²) in [5, 5.41) is 0. The van der Waals surface area contributed by atoms with Crippen LogP contribution >= 0.6 is 11.6 Å². The fourth-order valence-corrected chi connectivity index (χ4v) is 2.39. The maximum absolute atomic E-state index is 5.86. The number of benzene rings is 1. The third kappa shape index (κ3) is 2.00. The molecular weight excluding hydrogens is 236 g/mol. The van der Waals surface area contributed by atoms with Crippen molar-refractivity contribution in [2.24, 2.45) is 0 Å². The van der Waals surface area contributed by atoms with Crippen molar-refractivity contribution < 1.29 is 4.42 Å². The molecule has 1 aromatic carbocycles. The van der Waals surface area contributed by atoms with Gasteiger partial charge in [0, 0.05) is 18.5 Å². The van der Waals surface area contributed by atoms with Crippen molar-refractivity contribution in [1.29, 1.82) is 0 Å². The van der Waals surface area contributed by atoms with Crippen LogP contribution < -0.4 is 4.90 Å². The van der Waals surface area contributed by atoms with E-state index in [9.17, 15) is 0 Å². The van der Waals surface area contributed by atoms with Crippen LogP contribution in [0, 0.1) is 0 Å². The number of anilines is 1. The van der Waals surface area contributed by atoms with Gasteiger partial charge in [-0.2, -0.15) is 4.98 Å². The van der Waals surface area contributed by atoms with Crippen molar-refractivity contribution in [3.8, 4) is 0 Å². The number of oxazole rings is 1. The van der Waals surface area contributed by atoms with Gasteiger partial charge in [-0.15, -0.1) is 11.6 Å². The third-order valence-corrected chi connectivity index (χ3v) is 3.54. The van der Waals surface area contributed by atoms with Gasteiger partial charge in [-0.25, -0.2) is 0 Å². The van der Waals surface area contributed by atoms with Crippen LogP contribution in [0.1, 0.15) is 19.3 Å². The first-order chi connectivity index (χ1) is 8.38. The molecule has 4 heteroatoms. The number of nitrogens with zero attached hydrogens (tertiary/aromatic N) is 2. The van der Waals surface area contributed by atoms with Crippen molar-refractivity contribution in [2.45, 2.75) is 25.3 Å². The Labute approximate surface area is 105 Å². The predicted molar refractivity (Wildman–Crippen MR) is 69.7 cm³/mol. The van der Waals surface area contributed by atoms with Crippen molar-refractivity contribution in [1.82, 2.24) is 4.98 Å². The van der Waals surface area contributed by atoms with Crippen molar-refractivity contribution in [3.63, 3.8) is 0 Å². The molecule has 0 amide bonds. The highest BCUT2D eigenvalue weighted by Gasteiger charge is 2.27. The van der Waals surface area contributed by atoms with E-state index in [1.807, 2.05) is 24.3 Å². The molecule has 0 spiro atoms. The zero-order chi connectivity index (χ0) is 11.7. The molecule has 0 N–H and O–H groups in total. The third-order valence-electron chi connectivity index (χ3n) is 3.37. The number of para-hydroxylation sites is 2. The van der Waals surface area contributed by atoms with Crippen molar-refractivity contribution in [2.75, 3.05) is 17.3 Å². The quantitative estimate of drug-likeness (QED) is 0.779. The summed E-state index contributed by atoms with van der Waals surface area (Å²) in [6, 6.07) is 9.14. The van der Waals surface area contributed by atoms with Crippen LogP contribution in [-0.2, 0) is 0 Å². The van der Waals surface area contributed by atoms with Crippen LogP contribution in [-0.4, -0.2) is 23.5 Å². The summed E-state index contributed by atoms with van der Waals surface area (Å²) in [5.41, 5.74) is 1.77. The van der Waals surface area contributed by atoms with Gasteiger partial charge in [-0.1, -0.05) is 12.1 Å². The summed E-state index contributed by atoms with van der Waals surface area (Å²) in [4.78, 5) is 6.74. The van der Waals surface area contributed by atoms with Gasteiger partial charge in [0.2, 0.25) is 0 Å². The fourth-order valence-electron chi connectivity index (χ4n) is 2.21. The molecule has 1 saturated carbocycles. The zero-order valence-electron chi connectivity index (χ0n) is 9.60. The van der Waals surface area contributed by atoms with E-state index in [2.05, 4.69) is 9.88 Å². The first kappa shape index (κ1) is 10.9. The molecule has 0 bridgehead atoms. The number of halogens is 1. The molecule has 0 radical (unpaired) electrons. The van der Waals surface area contributed by atoms with Crippen LogP contribution in [0.15, 0.2) is 28.7 Å². The predicted octanol–water partition coefficient (Wildman–Crippen LogP) is 3.43. The summed E-state index contributed by atoms with van der Waals surface area (Å²) in [5.74, 6) is 0.606. The number of hydrogen-bond acceptors (Lipinski definition) is 3. The van der Waals surface area contributed by atoms with Crippen molar-refractivity contribution in [3.05, 3.63) is 24.3 Å². The smallest absolute Gasteiger partial charge is 0.298 e. The lowest BCUT2D eigenvalue weighted by atomic mass is 9.92. The SMILES string of the molecule is ClCCN(c1nc2ccccc2o1)C1CCC1. The van der Waals surface area contributed by atoms with Crippen LogP contribution in [0.2, 0.25) is 0 Å². The van der Waals surface area contributed by atoms with Gasteiger partial charge in [-0.3, -0.25) is 0 Å². The highest BCUT2D eigenvalue weighted by molar-refractivity contribution is 6.18. The molecule has 0 saturated heterocycles. The maximum Gasteiger partial charge on any atom is 0.298 e. The normalized spacial score (nSPS) is 16.1. The molecule has 1 aliphatic rings. The Hall–Kier alpha value is -1.22. The highest BCUT2D eigenvalue weighted by Crippen LogP contribution is 2.30. The van der Waals surface area contributed by atoms with Gasteiger partial charge in [0.15, 0.2) is 5.58 Å². The Kier molecular flexibility index (Phi) is 2.93. The van der Waals surface area contributed by atoms with Gasteiger partial charge in [0.1, 0.15) is 5.52 Å². The van der Waals surface area contributed by atoms with E-state index in [0.29, 0.717) is 11.9 Å². The summed E-state index contributed by atoms with van der Waals surface area (Å²) in [6.45, 7) is 0.805. The molecule has 3 rings (SSSR count). The minimum atomic E-state index is 0.557. The van der Waals surface area contributed by atoms with Gasteiger partial charge in [0.05, 0.1) is 0 Å². The first-order valence-electron chi connectivity index (χ1n) is 6.06. The second-order valence-corrected chi connectivity index (χ2v) is 4.81. The second kappa shape index (κ2) is 4.57. The van der Waals surface area contributed by atoms with Crippen LogP contribution in [0.5, 0.6) is 0 Å². The lowest BCUT2D eigenvalue weighted by Crippen LogP contribution is -2.41. The largest absolute Gasteiger partial charge is 0.423 e. The van der Waals surface area contributed by atoms with E-state index in [1.54, 1.807) is 0 Å². The molecule has 3 nitrogen and oxygen atoms in total. The fraction of sp³-hybridized carbons (Fsp3) is 0.462. The summed E-state index contributed by atoms with van der Waals surface area (Å²) in [7, 11) is 0. The number of alkyl halides is 1. The van der Waals surface area contributed by atoms with E-state index in [1.165, 1.54) is 19.3 Å². The molecule has 17 heavy (non-hydrogen) atoms. The Balaban J connectivity index is 1.93. The number of aromatic nitrogens is 1. The topological polar surface area (TPSA) is 29.3 Å². The molecule has 1 aliphatic carbocycles. The van der Waals surface area contributed by atoms with Gasteiger partial charge >= 0.3 is 0 Å². The molecule has 1 heterocycles. The van der Waals surface area contributed by atoms with E-state index < -0.39 is 0 Å². The lowest BCUT2D eigenvalue weighted by Gasteiger charge is -2.36. The molecule has 2 aromatic rings. The van der Waals surface area contributed by atoms with Crippen LogP contribution in [0.25, 0.3) is 11.1 Å². The summed E-state index contributed by atoms with van der Waals surface area (Å²) >= 11 is 5.86. The number of fused-ring (bicyclic) bond motifs is 1. The van der Waals surface area contributed by atoms with Crippen LogP contribution in [0.4, 0.5) is 6.01 Å². The second-order valence-electron chi connectivity index (χ2n) is 4.43. The van der Waals surface area contributed by atoms with E-state index in [4.69, 9.17) is 16.0 Å². The van der Waals surface area contributed by atoms with E-state index >= 15 is 0 Å². The Bertz CT molecular complexity index is 474.